The Balaban J connectivity index is 1.86. The zero-order chi connectivity index (χ0) is 22.6. The molecule has 3 aromatic rings. The summed E-state index contributed by atoms with van der Waals surface area (Å²) in [5, 5.41) is 14.1. The third-order valence-corrected chi connectivity index (χ3v) is 4.14. The van der Waals surface area contributed by atoms with Gasteiger partial charge >= 0.3 is 11.9 Å². The maximum absolute atomic E-state index is 12.9. The average molecular weight is 432 g/mol. The lowest BCUT2D eigenvalue weighted by molar-refractivity contribution is -0.383. The van der Waals surface area contributed by atoms with Crippen molar-refractivity contribution >= 4 is 28.9 Å². The number of nitrogens with one attached hydrogen (secondary N) is 3. The molecule has 0 atom stereocenters. The molecule has 1 amide bonds. The van der Waals surface area contributed by atoms with E-state index in [-0.39, 0.29) is 17.3 Å². The van der Waals surface area contributed by atoms with Crippen molar-refractivity contribution in [3.05, 3.63) is 81.7 Å². The van der Waals surface area contributed by atoms with Gasteiger partial charge in [0.25, 0.3) is 5.91 Å². The number of rotatable bonds is 6. The summed E-state index contributed by atoms with van der Waals surface area (Å²) in [6.07, 6.45) is -3.62. The van der Waals surface area contributed by atoms with E-state index in [9.17, 15) is 28.1 Å². The number of carbonyl (C=O) groups is 1. The fourth-order valence-corrected chi connectivity index (χ4v) is 2.66. The number of amides is 1. The minimum absolute atomic E-state index is 0.0634. The standard InChI is InChI=1S/C19H15F3N6O3/c1-11-5-2-3-8-14(11)18(29)27-26-17-15(28(30)31)16(23-10-24-17)25-13-7-4-6-12(9-13)19(20,21)22/h2-10H,1H3,(H,27,29)(H2,23,24,25,26). The molecule has 1 heterocycles. The first kappa shape index (κ1) is 21.5. The number of anilines is 3. The van der Waals surface area contributed by atoms with Gasteiger partial charge < -0.3 is 5.32 Å². The lowest BCUT2D eigenvalue weighted by Crippen LogP contribution is -2.30. The fraction of sp³-hybridized carbons (Fsp3) is 0.105. The predicted molar refractivity (Wildman–Crippen MR) is 106 cm³/mol. The van der Waals surface area contributed by atoms with Crippen LogP contribution < -0.4 is 16.2 Å². The predicted octanol–water partition coefficient (Wildman–Crippen LogP) is 4.21. The summed E-state index contributed by atoms with van der Waals surface area (Å²) < 4.78 is 38.7. The molecule has 0 aliphatic heterocycles. The van der Waals surface area contributed by atoms with E-state index >= 15 is 0 Å². The maximum Gasteiger partial charge on any atom is 0.416 e. The van der Waals surface area contributed by atoms with Gasteiger partial charge in [-0.15, -0.1) is 0 Å². The molecular formula is C19H15F3N6O3. The monoisotopic (exact) mass is 432 g/mol. The molecule has 2 aromatic carbocycles. The van der Waals surface area contributed by atoms with Gasteiger partial charge in [-0.05, 0) is 36.8 Å². The van der Waals surface area contributed by atoms with Crippen molar-refractivity contribution in [2.75, 3.05) is 10.7 Å². The van der Waals surface area contributed by atoms with E-state index in [0.29, 0.717) is 11.1 Å². The largest absolute Gasteiger partial charge is 0.416 e. The van der Waals surface area contributed by atoms with Gasteiger partial charge in [0.05, 0.1) is 10.5 Å². The summed E-state index contributed by atoms with van der Waals surface area (Å²) in [6, 6.07) is 10.8. The van der Waals surface area contributed by atoms with E-state index in [0.717, 1.165) is 24.5 Å². The number of carbonyl (C=O) groups excluding carboxylic acids is 1. The van der Waals surface area contributed by atoms with E-state index in [2.05, 4.69) is 26.1 Å². The van der Waals surface area contributed by atoms with Gasteiger partial charge in [0.1, 0.15) is 6.33 Å². The van der Waals surface area contributed by atoms with Crippen molar-refractivity contribution in [2.45, 2.75) is 13.1 Å². The fourth-order valence-electron chi connectivity index (χ4n) is 2.66. The normalized spacial score (nSPS) is 11.0. The Morgan fingerprint density at radius 2 is 1.77 bits per heavy atom. The van der Waals surface area contributed by atoms with Crippen LogP contribution in [0.2, 0.25) is 0 Å². The van der Waals surface area contributed by atoms with E-state index < -0.39 is 28.3 Å². The van der Waals surface area contributed by atoms with Gasteiger partial charge in [0, 0.05) is 11.3 Å². The minimum Gasteiger partial charge on any atom is -0.334 e. The smallest absolute Gasteiger partial charge is 0.334 e. The van der Waals surface area contributed by atoms with Crippen LogP contribution in [-0.2, 0) is 6.18 Å². The molecule has 0 saturated heterocycles. The first-order chi connectivity index (χ1) is 14.7. The van der Waals surface area contributed by atoms with Crippen molar-refractivity contribution in [3.8, 4) is 0 Å². The molecule has 0 spiro atoms. The van der Waals surface area contributed by atoms with Crippen LogP contribution in [0.15, 0.2) is 54.9 Å². The molecule has 31 heavy (non-hydrogen) atoms. The lowest BCUT2D eigenvalue weighted by Gasteiger charge is -2.12. The first-order valence-electron chi connectivity index (χ1n) is 8.72. The molecule has 9 nitrogen and oxygen atoms in total. The molecule has 0 aliphatic rings. The van der Waals surface area contributed by atoms with Crippen molar-refractivity contribution in [3.63, 3.8) is 0 Å². The Hall–Kier alpha value is -4.22. The van der Waals surface area contributed by atoms with Gasteiger partial charge in [-0.3, -0.25) is 25.8 Å². The summed E-state index contributed by atoms with van der Waals surface area (Å²) in [6.45, 7) is 1.72. The average Bonchev–Trinajstić information content (AvgIpc) is 2.72. The third kappa shape index (κ3) is 5.04. The Labute approximate surface area is 173 Å². The Kier molecular flexibility index (Phi) is 6.00. The molecule has 160 valence electrons. The van der Waals surface area contributed by atoms with Crippen LogP contribution in [0.4, 0.5) is 36.2 Å². The highest BCUT2D eigenvalue weighted by molar-refractivity contribution is 5.96. The third-order valence-electron chi connectivity index (χ3n) is 4.14. The molecule has 12 heteroatoms. The second-order valence-electron chi connectivity index (χ2n) is 6.27. The van der Waals surface area contributed by atoms with Gasteiger partial charge in [0.2, 0.25) is 11.6 Å². The lowest BCUT2D eigenvalue weighted by atomic mass is 10.1. The molecule has 0 aliphatic carbocycles. The van der Waals surface area contributed by atoms with Crippen LogP contribution in [0.3, 0.4) is 0 Å². The molecule has 0 fully saturated rings. The number of alkyl halides is 3. The second kappa shape index (κ2) is 8.65. The van der Waals surface area contributed by atoms with E-state index in [1.54, 1.807) is 31.2 Å². The van der Waals surface area contributed by atoms with Crippen LogP contribution in [-0.4, -0.2) is 20.8 Å². The molecule has 3 rings (SSSR count). The number of nitrogens with zero attached hydrogens (tertiary/aromatic N) is 3. The molecule has 0 saturated carbocycles. The van der Waals surface area contributed by atoms with Crippen LogP contribution >= 0.6 is 0 Å². The molecule has 3 N–H and O–H groups in total. The zero-order valence-corrected chi connectivity index (χ0v) is 15.9. The Morgan fingerprint density at radius 3 is 2.45 bits per heavy atom. The van der Waals surface area contributed by atoms with Gasteiger partial charge in [0.15, 0.2) is 0 Å². The topological polar surface area (TPSA) is 122 Å². The highest BCUT2D eigenvalue weighted by Crippen LogP contribution is 2.34. The quantitative estimate of drug-likeness (QED) is 0.394. The second-order valence-corrected chi connectivity index (χ2v) is 6.27. The molecule has 0 unspecified atom stereocenters. The highest BCUT2D eigenvalue weighted by Gasteiger charge is 2.31. The summed E-state index contributed by atoms with van der Waals surface area (Å²) in [4.78, 5) is 30.6. The van der Waals surface area contributed by atoms with Gasteiger partial charge in [-0.2, -0.15) is 13.2 Å². The molecular weight excluding hydrogens is 417 g/mol. The van der Waals surface area contributed by atoms with Crippen molar-refractivity contribution in [2.24, 2.45) is 0 Å². The van der Waals surface area contributed by atoms with E-state index in [1.165, 1.54) is 6.07 Å². The highest BCUT2D eigenvalue weighted by atomic mass is 19.4. The number of aryl methyl sites for hydroxylation is 1. The van der Waals surface area contributed by atoms with Crippen LogP contribution in [0.25, 0.3) is 0 Å². The zero-order valence-electron chi connectivity index (χ0n) is 15.9. The summed E-state index contributed by atoms with van der Waals surface area (Å²) >= 11 is 0. The molecule has 0 bridgehead atoms. The maximum atomic E-state index is 12.9. The van der Waals surface area contributed by atoms with Crippen molar-refractivity contribution < 1.29 is 22.9 Å². The number of halogens is 3. The Morgan fingerprint density at radius 1 is 1.06 bits per heavy atom. The van der Waals surface area contributed by atoms with Gasteiger partial charge in [-0.1, -0.05) is 24.3 Å². The summed E-state index contributed by atoms with van der Waals surface area (Å²) in [5.41, 5.74) is 4.05. The van der Waals surface area contributed by atoms with Crippen molar-refractivity contribution in [1.82, 2.24) is 15.4 Å². The number of benzene rings is 2. The first-order valence-corrected chi connectivity index (χ1v) is 8.72. The SMILES string of the molecule is Cc1ccccc1C(=O)NNc1ncnc(Nc2cccc(C(F)(F)F)c2)c1[N+](=O)[O-]. The number of hydrazine groups is 1. The van der Waals surface area contributed by atoms with Crippen molar-refractivity contribution in [1.29, 1.82) is 0 Å². The van der Waals surface area contributed by atoms with Gasteiger partial charge in [-0.25, -0.2) is 9.97 Å². The van der Waals surface area contributed by atoms with E-state index in [1.807, 2.05) is 0 Å². The minimum atomic E-state index is -4.58. The molecule has 1 aromatic heterocycles. The summed E-state index contributed by atoms with van der Waals surface area (Å²) in [5.74, 6) is -1.26. The number of hydrogen-bond acceptors (Lipinski definition) is 7. The Bertz CT molecular complexity index is 1140. The number of hydrogen-bond donors (Lipinski definition) is 3. The number of aromatic nitrogens is 2. The van der Waals surface area contributed by atoms with Crippen LogP contribution in [0.1, 0.15) is 21.5 Å². The molecule has 0 radical (unpaired) electrons. The summed E-state index contributed by atoms with van der Waals surface area (Å²) in [7, 11) is 0. The van der Waals surface area contributed by atoms with Crippen LogP contribution in [0.5, 0.6) is 0 Å². The number of nitro groups is 1. The van der Waals surface area contributed by atoms with E-state index in [4.69, 9.17) is 0 Å². The van der Waals surface area contributed by atoms with Crippen LogP contribution in [0, 0.1) is 17.0 Å².